The molecule has 1 aliphatic heterocycles. The fourth-order valence-corrected chi connectivity index (χ4v) is 2.56. The molecule has 88 valence electrons. The molecule has 1 saturated heterocycles. The van der Waals surface area contributed by atoms with Crippen molar-refractivity contribution in [1.82, 2.24) is 4.90 Å². The Kier molecular flexibility index (Phi) is 3.87. The molecule has 1 atom stereocenters. The first kappa shape index (κ1) is 11.9. The Balaban J connectivity index is 2.05. The van der Waals surface area contributed by atoms with Crippen molar-refractivity contribution in [3.05, 3.63) is 29.6 Å². The van der Waals surface area contributed by atoms with Crippen LogP contribution in [0.3, 0.4) is 0 Å². The summed E-state index contributed by atoms with van der Waals surface area (Å²) < 4.78 is 13.1. The van der Waals surface area contributed by atoms with Gasteiger partial charge in [0, 0.05) is 18.0 Å². The summed E-state index contributed by atoms with van der Waals surface area (Å²) in [4.78, 5) is 3.28. The van der Waals surface area contributed by atoms with Gasteiger partial charge in [-0.3, -0.25) is 4.90 Å². The first-order chi connectivity index (χ1) is 7.65. The second-order valence-corrected chi connectivity index (χ2v) is 5.24. The van der Waals surface area contributed by atoms with E-state index in [-0.39, 0.29) is 5.82 Å². The number of piperidine rings is 1. The zero-order valence-corrected chi connectivity index (χ0v) is 10.5. The number of hydrogen-bond donors (Lipinski definition) is 1. The third-order valence-electron chi connectivity index (χ3n) is 3.18. The highest BCUT2D eigenvalue weighted by Crippen LogP contribution is 2.21. The zero-order chi connectivity index (χ0) is 11.5. The molecule has 1 heterocycles. The van der Waals surface area contributed by atoms with Gasteiger partial charge in [0.25, 0.3) is 0 Å². The summed E-state index contributed by atoms with van der Waals surface area (Å²) in [7, 11) is 0. The van der Waals surface area contributed by atoms with E-state index < -0.39 is 0 Å². The Morgan fingerprint density at radius 2 is 2.31 bits per heavy atom. The average molecular weight is 239 g/mol. The molecular formula is C13H18FNS. The van der Waals surface area contributed by atoms with Crippen molar-refractivity contribution in [3.8, 4) is 0 Å². The Morgan fingerprint density at radius 1 is 1.50 bits per heavy atom. The maximum atomic E-state index is 13.1. The topological polar surface area (TPSA) is 3.24 Å². The van der Waals surface area contributed by atoms with Gasteiger partial charge in [-0.2, -0.15) is 0 Å². The molecule has 0 aromatic heterocycles. The summed E-state index contributed by atoms with van der Waals surface area (Å²) in [5, 5.41) is 0. The van der Waals surface area contributed by atoms with Crippen LogP contribution in [0.1, 0.15) is 25.3 Å². The second kappa shape index (κ2) is 5.19. The molecule has 0 aliphatic carbocycles. The van der Waals surface area contributed by atoms with E-state index in [0.717, 1.165) is 36.0 Å². The van der Waals surface area contributed by atoms with Crippen LogP contribution in [-0.2, 0) is 6.54 Å². The highest BCUT2D eigenvalue weighted by atomic mass is 32.1. The van der Waals surface area contributed by atoms with Gasteiger partial charge in [-0.25, -0.2) is 4.39 Å². The van der Waals surface area contributed by atoms with Crippen LogP contribution in [0.15, 0.2) is 23.1 Å². The number of rotatable bonds is 2. The largest absolute Gasteiger partial charge is 0.299 e. The lowest BCUT2D eigenvalue weighted by Gasteiger charge is -2.31. The van der Waals surface area contributed by atoms with Crippen LogP contribution in [0.5, 0.6) is 0 Å². The first-order valence-electron chi connectivity index (χ1n) is 5.85. The molecule has 0 radical (unpaired) electrons. The molecule has 1 aromatic carbocycles. The third kappa shape index (κ3) is 2.98. The van der Waals surface area contributed by atoms with Crippen molar-refractivity contribution in [2.75, 3.05) is 13.1 Å². The van der Waals surface area contributed by atoms with Crippen molar-refractivity contribution < 1.29 is 4.39 Å². The molecule has 2 rings (SSSR count). The SMILES string of the molecule is CC1CCCN(Cc2cc(F)ccc2S)C1. The Bertz CT molecular complexity index is 367. The number of hydrogen-bond acceptors (Lipinski definition) is 2. The van der Waals surface area contributed by atoms with Gasteiger partial charge in [0.15, 0.2) is 0 Å². The number of likely N-dealkylation sites (tertiary alicyclic amines) is 1. The van der Waals surface area contributed by atoms with Crippen molar-refractivity contribution in [2.45, 2.75) is 31.2 Å². The number of thiol groups is 1. The lowest BCUT2D eigenvalue weighted by Crippen LogP contribution is -2.33. The maximum Gasteiger partial charge on any atom is 0.123 e. The van der Waals surface area contributed by atoms with E-state index in [4.69, 9.17) is 0 Å². The van der Waals surface area contributed by atoms with E-state index in [1.807, 2.05) is 0 Å². The summed E-state index contributed by atoms with van der Waals surface area (Å²) in [6.45, 7) is 5.33. The summed E-state index contributed by atoms with van der Waals surface area (Å²) in [5.41, 5.74) is 0.998. The maximum absolute atomic E-state index is 13.1. The fraction of sp³-hybridized carbons (Fsp3) is 0.538. The van der Waals surface area contributed by atoms with Gasteiger partial charge in [-0.15, -0.1) is 12.6 Å². The van der Waals surface area contributed by atoms with Crippen LogP contribution in [0.2, 0.25) is 0 Å². The quantitative estimate of drug-likeness (QED) is 0.775. The van der Waals surface area contributed by atoms with Crippen LogP contribution in [0, 0.1) is 11.7 Å². The minimum atomic E-state index is -0.169. The molecule has 16 heavy (non-hydrogen) atoms. The molecule has 0 spiro atoms. The van der Waals surface area contributed by atoms with E-state index in [9.17, 15) is 4.39 Å². The molecular weight excluding hydrogens is 221 g/mol. The Hall–Kier alpha value is -0.540. The Morgan fingerprint density at radius 3 is 3.06 bits per heavy atom. The van der Waals surface area contributed by atoms with Crippen LogP contribution in [0.25, 0.3) is 0 Å². The van der Waals surface area contributed by atoms with Gasteiger partial charge in [0.1, 0.15) is 5.82 Å². The van der Waals surface area contributed by atoms with Crippen molar-refractivity contribution in [3.63, 3.8) is 0 Å². The summed E-state index contributed by atoms with van der Waals surface area (Å²) in [6.07, 6.45) is 2.56. The normalized spacial score (nSPS) is 22.3. The first-order valence-corrected chi connectivity index (χ1v) is 6.29. The van der Waals surface area contributed by atoms with Gasteiger partial charge >= 0.3 is 0 Å². The number of benzene rings is 1. The molecule has 1 fully saturated rings. The van der Waals surface area contributed by atoms with E-state index in [1.54, 1.807) is 12.1 Å². The van der Waals surface area contributed by atoms with Gasteiger partial charge < -0.3 is 0 Å². The fourth-order valence-electron chi connectivity index (χ4n) is 2.35. The van der Waals surface area contributed by atoms with E-state index in [1.165, 1.54) is 18.9 Å². The minimum Gasteiger partial charge on any atom is -0.299 e. The molecule has 1 aliphatic rings. The predicted octanol–water partition coefficient (Wildman–Crippen LogP) is 3.35. The van der Waals surface area contributed by atoms with Gasteiger partial charge in [0.05, 0.1) is 0 Å². The highest BCUT2D eigenvalue weighted by Gasteiger charge is 2.17. The summed E-state index contributed by atoms with van der Waals surface area (Å²) in [6, 6.07) is 4.80. The molecule has 1 nitrogen and oxygen atoms in total. The molecule has 0 N–H and O–H groups in total. The average Bonchev–Trinajstić information content (AvgIpc) is 2.24. The van der Waals surface area contributed by atoms with Gasteiger partial charge in [-0.05, 0) is 49.1 Å². The van der Waals surface area contributed by atoms with Crippen LogP contribution >= 0.6 is 12.6 Å². The van der Waals surface area contributed by atoms with Gasteiger partial charge in [0.2, 0.25) is 0 Å². The third-order valence-corrected chi connectivity index (χ3v) is 3.61. The molecule has 1 aromatic rings. The summed E-state index contributed by atoms with van der Waals surface area (Å²) in [5.74, 6) is 0.587. The van der Waals surface area contributed by atoms with Gasteiger partial charge in [-0.1, -0.05) is 6.92 Å². The number of nitrogens with zero attached hydrogens (tertiary/aromatic N) is 1. The molecule has 3 heteroatoms. The van der Waals surface area contributed by atoms with Crippen molar-refractivity contribution in [1.29, 1.82) is 0 Å². The smallest absolute Gasteiger partial charge is 0.123 e. The molecule has 0 amide bonds. The predicted molar refractivity (Wildman–Crippen MR) is 67.3 cm³/mol. The number of halogens is 1. The lowest BCUT2D eigenvalue weighted by molar-refractivity contribution is 0.175. The van der Waals surface area contributed by atoms with Crippen molar-refractivity contribution >= 4 is 12.6 Å². The van der Waals surface area contributed by atoms with Crippen LogP contribution < -0.4 is 0 Å². The second-order valence-electron chi connectivity index (χ2n) is 4.76. The summed E-state index contributed by atoms with van der Waals surface area (Å²) >= 11 is 4.37. The van der Waals surface area contributed by atoms with Crippen LogP contribution in [-0.4, -0.2) is 18.0 Å². The van der Waals surface area contributed by atoms with Crippen LogP contribution in [0.4, 0.5) is 4.39 Å². The lowest BCUT2D eigenvalue weighted by atomic mass is 10.00. The molecule has 1 unspecified atom stereocenters. The van der Waals surface area contributed by atoms with E-state index in [0.29, 0.717) is 0 Å². The highest BCUT2D eigenvalue weighted by molar-refractivity contribution is 7.80. The minimum absolute atomic E-state index is 0.169. The molecule has 0 saturated carbocycles. The molecule has 0 bridgehead atoms. The van der Waals surface area contributed by atoms with Crippen molar-refractivity contribution in [2.24, 2.45) is 5.92 Å². The van der Waals surface area contributed by atoms with E-state index >= 15 is 0 Å². The standard InChI is InChI=1S/C13H18FNS/c1-10-3-2-6-15(8-10)9-11-7-12(14)4-5-13(11)16/h4-5,7,10,16H,2-3,6,8-9H2,1H3. The monoisotopic (exact) mass is 239 g/mol. The Labute approximate surface area is 102 Å². The van der Waals surface area contributed by atoms with E-state index in [2.05, 4.69) is 24.5 Å². The zero-order valence-electron chi connectivity index (χ0n) is 9.62.